The molecule has 1 heterocycles. The van der Waals surface area contributed by atoms with Gasteiger partial charge in [0.15, 0.2) is 0 Å². The van der Waals surface area contributed by atoms with Crippen molar-refractivity contribution < 1.29 is 9.90 Å². The fourth-order valence-corrected chi connectivity index (χ4v) is 2.61. The predicted molar refractivity (Wildman–Crippen MR) is 52.0 cm³/mol. The molecule has 0 bridgehead atoms. The van der Waals surface area contributed by atoms with E-state index in [-0.39, 0.29) is 5.92 Å². The fourth-order valence-electron chi connectivity index (χ4n) is 1.69. The minimum Gasteiger partial charge on any atom is -0.481 e. The van der Waals surface area contributed by atoms with Crippen LogP contribution in [0.4, 0.5) is 0 Å². The number of hydrogen-bond donors (Lipinski definition) is 1. The molecular formula is C10H12O2S. The van der Waals surface area contributed by atoms with E-state index in [9.17, 15) is 4.79 Å². The summed E-state index contributed by atoms with van der Waals surface area (Å²) in [5.74, 6) is 0.234. The number of carboxylic acids is 1. The highest BCUT2D eigenvalue weighted by atomic mass is 32.1. The van der Waals surface area contributed by atoms with Gasteiger partial charge in [0, 0.05) is 10.8 Å². The molecule has 1 saturated carbocycles. The monoisotopic (exact) mass is 196 g/mol. The van der Waals surface area contributed by atoms with Crippen molar-refractivity contribution in [1.29, 1.82) is 0 Å². The first-order valence-electron chi connectivity index (χ1n) is 4.52. The van der Waals surface area contributed by atoms with Crippen LogP contribution in [-0.2, 0) is 4.79 Å². The molecule has 0 radical (unpaired) electrons. The van der Waals surface area contributed by atoms with E-state index in [1.165, 1.54) is 17.7 Å². The maximum atomic E-state index is 10.6. The third-order valence-corrected chi connectivity index (χ3v) is 3.50. The topological polar surface area (TPSA) is 37.3 Å². The van der Waals surface area contributed by atoms with Crippen molar-refractivity contribution in [1.82, 2.24) is 0 Å². The molecule has 1 aliphatic rings. The average Bonchev–Trinajstić information content (AvgIpc) is 2.77. The highest BCUT2D eigenvalue weighted by molar-refractivity contribution is 7.10. The Hall–Kier alpha value is -0.830. The summed E-state index contributed by atoms with van der Waals surface area (Å²) in [6.45, 7) is 0. The first-order chi connectivity index (χ1) is 6.27. The zero-order chi connectivity index (χ0) is 9.26. The molecular weight excluding hydrogens is 184 g/mol. The summed E-state index contributed by atoms with van der Waals surface area (Å²) in [6, 6.07) is 4.05. The molecule has 1 aromatic heterocycles. The van der Waals surface area contributed by atoms with E-state index in [4.69, 9.17) is 5.11 Å². The number of carbonyl (C=O) groups is 1. The summed E-state index contributed by atoms with van der Waals surface area (Å²) >= 11 is 1.68. The van der Waals surface area contributed by atoms with E-state index >= 15 is 0 Å². The van der Waals surface area contributed by atoms with Crippen molar-refractivity contribution >= 4 is 17.3 Å². The normalized spacial score (nSPS) is 18.5. The first-order valence-corrected chi connectivity index (χ1v) is 5.40. The van der Waals surface area contributed by atoms with Crippen molar-refractivity contribution in [2.75, 3.05) is 0 Å². The van der Waals surface area contributed by atoms with Gasteiger partial charge in [0.2, 0.25) is 0 Å². The van der Waals surface area contributed by atoms with Crippen LogP contribution in [0.1, 0.15) is 30.1 Å². The second-order valence-corrected chi connectivity index (χ2v) is 4.54. The molecule has 2 nitrogen and oxygen atoms in total. The second kappa shape index (κ2) is 3.50. The number of carboxylic acid groups (broad SMARTS) is 1. The van der Waals surface area contributed by atoms with E-state index < -0.39 is 5.97 Å². The van der Waals surface area contributed by atoms with Gasteiger partial charge in [-0.25, -0.2) is 0 Å². The highest BCUT2D eigenvalue weighted by Gasteiger charge is 2.34. The van der Waals surface area contributed by atoms with Gasteiger partial charge < -0.3 is 5.11 Å². The van der Waals surface area contributed by atoms with Crippen LogP contribution in [0.25, 0.3) is 0 Å². The van der Waals surface area contributed by atoms with E-state index in [1.54, 1.807) is 11.3 Å². The quantitative estimate of drug-likeness (QED) is 0.804. The lowest BCUT2D eigenvalue weighted by molar-refractivity contribution is -0.137. The summed E-state index contributed by atoms with van der Waals surface area (Å²) in [4.78, 5) is 11.9. The van der Waals surface area contributed by atoms with Crippen LogP contribution in [0.3, 0.4) is 0 Å². The summed E-state index contributed by atoms with van der Waals surface area (Å²) in [5.41, 5.74) is 0. The molecule has 0 saturated heterocycles. The Morgan fingerprint density at radius 1 is 1.69 bits per heavy atom. The van der Waals surface area contributed by atoms with Gasteiger partial charge in [-0.2, -0.15) is 0 Å². The third-order valence-electron chi connectivity index (χ3n) is 2.49. The van der Waals surface area contributed by atoms with Crippen molar-refractivity contribution in [3.63, 3.8) is 0 Å². The van der Waals surface area contributed by atoms with E-state index in [0.29, 0.717) is 12.3 Å². The van der Waals surface area contributed by atoms with Gasteiger partial charge in [0.1, 0.15) is 0 Å². The summed E-state index contributed by atoms with van der Waals surface area (Å²) in [7, 11) is 0. The predicted octanol–water partition coefficient (Wildman–Crippen LogP) is 2.72. The van der Waals surface area contributed by atoms with Gasteiger partial charge in [-0.05, 0) is 30.2 Å². The van der Waals surface area contributed by atoms with Crippen LogP contribution < -0.4 is 0 Å². The molecule has 1 unspecified atom stereocenters. The summed E-state index contributed by atoms with van der Waals surface area (Å²) in [6.07, 6.45) is 2.71. The van der Waals surface area contributed by atoms with E-state index in [0.717, 1.165) is 0 Å². The van der Waals surface area contributed by atoms with Gasteiger partial charge in [0.05, 0.1) is 6.42 Å². The Balaban J connectivity index is 2.09. The molecule has 1 aromatic rings. The molecule has 1 aliphatic carbocycles. The fraction of sp³-hybridized carbons (Fsp3) is 0.500. The van der Waals surface area contributed by atoms with Gasteiger partial charge in [-0.3, -0.25) is 4.79 Å². The lowest BCUT2D eigenvalue weighted by Gasteiger charge is -2.10. The molecule has 1 fully saturated rings. The molecule has 1 N–H and O–H groups in total. The molecule has 1 atom stereocenters. The van der Waals surface area contributed by atoms with Gasteiger partial charge in [0.25, 0.3) is 0 Å². The SMILES string of the molecule is O=C(O)CC(c1cccs1)C1CC1. The lowest BCUT2D eigenvalue weighted by Crippen LogP contribution is -2.06. The molecule has 70 valence electrons. The third kappa shape index (κ3) is 2.10. The van der Waals surface area contributed by atoms with Gasteiger partial charge in [-0.15, -0.1) is 11.3 Å². The maximum absolute atomic E-state index is 10.6. The van der Waals surface area contributed by atoms with Crippen molar-refractivity contribution in [3.05, 3.63) is 22.4 Å². The standard InChI is InChI=1S/C10H12O2S/c11-10(12)6-8(7-3-4-7)9-2-1-5-13-9/h1-2,5,7-8H,3-4,6H2,(H,11,12). The Bertz CT molecular complexity index is 288. The molecule has 0 amide bonds. The molecule has 13 heavy (non-hydrogen) atoms. The van der Waals surface area contributed by atoms with Crippen LogP contribution >= 0.6 is 11.3 Å². The van der Waals surface area contributed by atoms with Crippen LogP contribution in [0.5, 0.6) is 0 Å². The zero-order valence-electron chi connectivity index (χ0n) is 7.27. The van der Waals surface area contributed by atoms with Gasteiger partial charge >= 0.3 is 5.97 Å². The van der Waals surface area contributed by atoms with Crippen molar-refractivity contribution in [3.8, 4) is 0 Å². The number of rotatable bonds is 4. The molecule has 0 aliphatic heterocycles. The second-order valence-electron chi connectivity index (χ2n) is 3.56. The molecule has 0 aromatic carbocycles. The Labute approximate surface area is 81.2 Å². The smallest absolute Gasteiger partial charge is 0.304 e. The van der Waals surface area contributed by atoms with Crippen molar-refractivity contribution in [2.24, 2.45) is 5.92 Å². The number of hydrogen-bond acceptors (Lipinski definition) is 2. The van der Waals surface area contributed by atoms with Gasteiger partial charge in [-0.1, -0.05) is 6.07 Å². The molecule has 2 rings (SSSR count). The Morgan fingerprint density at radius 2 is 2.46 bits per heavy atom. The number of thiophene rings is 1. The van der Waals surface area contributed by atoms with Crippen LogP contribution in [-0.4, -0.2) is 11.1 Å². The van der Waals surface area contributed by atoms with Crippen molar-refractivity contribution in [2.45, 2.75) is 25.2 Å². The summed E-state index contributed by atoms with van der Waals surface area (Å²) < 4.78 is 0. The molecule has 3 heteroatoms. The highest BCUT2D eigenvalue weighted by Crippen LogP contribution is 2.45. The summed E-state index contributed by atoms with van der Waals surface area (Å²) in [5, 5.41) is 10.8. The average molecular weight is 196 g/mol. The minimum atomic E-state index is -0.676. The molecule has 0 spiro atoms. The van der Waals surface area contributed by atoms with Crippen LogP contribution in [0.15, 0.2) is 17.5 Å². The first kappa shape index (κ1) is 8.75. The lowest BCUT2D eigenvalue weighted by atomic mass is 9.98. The Morgan fingerprint density at radius 3 is 2.92 bits per heavy atom. The van der Waals surface area contributed by atoms with Crippen LogP contribution in [0.2, 0.25) is 0 Å². The van der Waals surface area contributed by atoms with Crippen LogP contribution in [0, 0.1) is 5.92 Å². The minimum absolute atomic E-state index is 0.275. The largest absolute Gasteiger partial charge is 0.481 e. The Kier molecular flexibility index (Phi) is 2.36. The number of aliphatic carboxylic acids is 1. The van der Waals surface area contributed by atoms with E-state index in [1.807, 2.05) is 11.4 Å². The zero-order valence-corrected chi connectivity index (χ0v) is 8.09. The van der Waals surface area contributed by atoms with E-state index in [2.05, 4.69) is 6.07 Å². The maximum Gasteiger partial charge on any atom is 0.304 e.